The molecule has 0 radical (unpaired) electrons. The number of benzene rings is 1. The van der Waals surface area contributed by atoms with Gasteiger partial charge in [-0.3, -0.25) is 0 Å². The van der Waals surface area contributed by atoms with Crippen LogP contribution in [0.3, 0.4) is 0 Å². The standard InChI is InChI=1S/C19H26FN7/c1-25(2)14-16-12-15(4-5-17(16)20)13-24-18(21)26-8-10-27(11-9-26)19-22-6-3-7-23-19/h3-7,12H,8-11,13-14H2,1-2H3,(H2,21,24). The Bertz CT molecular complexity index is 771. The van der Waals surface area contributed by atoms with Crippen LogP contribution in [-0.4, -0.2) is 66.0 Å². The maximum absolute atomic E-state index is 13.9. The first kappa shape index (κ1) is 19.0. The summed E-state index contributed by atoms with van der Waals surface area (Å²) in [4.78, 5) is 19.2. The lowest BCUT2D eigenvalue weighted by molar-refractivity contribution is 0.378. The van der Waals surface area contributed by atoms with E-state index in [4.69, 9.17) is 5.73 Å². The summed E-state index contributed by atoms with van der Waals surface area (Å²) in [6.45, 7) is 4.12. The van der Waals surface area contributed by atoms with Crippen LogP contribution in [0.15, 0.2) is 41.7 Å². The maximum Gasteiger partial charge on any atom is 0.225 e. The molecule has 144 valence electrons. The first-order chi connectivity index (χ1) is 13.0. The van der Waals surface area contributed by atoms with Gasteiger partial charge in [0.05, 0.1) is 6.54 Å². The highest BCUT2D eigenvalue weighted by Gasteiger charge is 2.19. The number of rotatable bonds is 5. The number of piperazine rings is 1. The second kappa shape index (κ2) is 8.77. The van der Waals surface area contributed by atoms with Crippen LogP contribution >= 0.6 is 0 Å². The molecule has 0 amide bonds. The SMILES string of the molecule is CN(C)Cc1cc(CN=C(N)N2CCN(c3ncccn3)CC2)ccc1F. The van der Waals surface area contributed by atoms with Gasteiger partial charge in [0, 0.05) is 50.7 Å². The van der Waals surface area contributed by atoms with E-state index in [0.717, 1.165) is 37.7 Å². The molecule has 1 aromatic carbocycles. The van der Waals surface area contributed by atoms with Crippen LogP contribution in [0, 0.1) is 5.82 Å². The smallest absolute Gasteiger partial charge is 0.225 e. The minimum absolute atomic E-state index is 0.191. The fourth-order valence-electron chi connectivity index (χ4n) is 3.05. The van der Waals surface area contributed by atoms with E-state index < -0.39 is 0 Å². The summed E-state index contributed by atoms with van der Waals surface area (Å²) in [6, 6.07) is 6.93. The Hall–Kier alpha value is -2.74. The lowest BCUT2D eigenvalue weighted by Gasteiger charge is -2.35. The van der Waals surface area contributed by atoms with E-state index in [1.165, 1.54) is 6.07 Å². The third-order valence-electron chi connectivity index (χ3n) is 4.46. The molecule has 1 saturated heterocycles. The molecule has 0 atom stereocenters. The van der Waals surface area contributed by atoms with E-state index in [2.05, 4.69) is 24.8 Å². The molecule has 2 aromatic rings. The van der Waals surface area contributed by atoms with Crippen molar-refractivity contribution in [2.24, 2.45) is 10.7 Å². The zero-order valence-electron chi connectivity index (χ0n) is 15.8. The minimum atomic E-state index is -0.191. The molecule has 2 heterocycles. The summed E-state index contributed by atoms with van der Waals surface area (Å²) in [5.74, 6) is 1.07. The molecule has 8 heteroatoms. The Morgan fingerprint density at radius 3 is 2.56 bits per heavy atom. The monoisotopic (exact) mass is 371 g/mol. The van der Waals surface area contributed by atoms with Crippen LogP contribution in [0.2, 0.25) is 0 Å². The van der Waals surface area contributed by atoms with E-state index in [1.54, 1.807) is 18.5 Å². The Morgan fingerprint density at radius 1 is 1.19 bits per heavy atom. The van der Waals surface area contributed by atoms with Crippen LogP contribution in [-0.2, 0) is 13.1 Å². The van der Waals surface area contributed by atoms with Gasteiger partial charge in [-0.2, -0.15) is 0 Å². The van der Waals surface area contributed by atoms with Gasteiger partial charge in [0.25, 0.3) is 0 Å². The third-order valence-corrected chi connectivity index (χ3v) is 4.46. The topological polar surface area (TPSA) is 73.9 Å². The highest BCUT2D eigenvalue weighted by molar-refractivity contribution is 5.78. The van der Waals surface area contributed by atoms with Gasteiger partial charge in [-0.25, -0.2) is 19.4 Å². The lowest BCUT2D eigenvalue weighted by atomic mass is 10.1. The number of nitrogens with two attached hydrogens (primary N) is 1. The first-order valence-corrected chi connectivity index (χ1v) is 9.02. The molecule has 0 bridgehead atoms. The molecular formula is C19H26FN7. The normalized spacial score (nSPS) is 15.5. The Morgan fingerprint density at radius 2 is 1.89 bits per heavy atom. The van der Waals surface area contributed by atoms with Crippen molar-refractivity contribution in [2.45, 2.75) is 13.1 Å². The van der Waals surface area contributed by atoms with Crippen LogP contribution in [0.25, 0.3) is 0 Å². The van der Waals surface area contributed by atoms with Crippen molar-refractivity contribution in [3.8, 4) is 0 Å². The first-order valence-electron chi connectivity index (χ1n) is 9.02. The van der Waals surface area contributed by atoms with Crippen molar-refractivity contribution in [3.63, 3.8) is 0 Å². The predicted octanol–water partition coefficient (Wildman–Crippen LogP) is 1.31. The summed E-state index contributed by atoms with van der Waals surface area (Å²) < 4.78 is 13.9. The highest BCUT2D eigenvalue weighted by atomic mass is 19.1. The van der Waals surface area contributed by atoms with Crippen molar-refractivity contribution in [2.75, 3.05) is 45.2 Å². The van der Waals surface area contributed by atoms with Gasteiger partial charge < -0.3 is 20.4 Å². The molecule has 0 saturated carbocycles. The molecule has 0 unspecified atom stereocenters. The molecule has 1 fully saturated rings. The number of halogens is 1. The van der Waals surface area contributed by atoms with Gasteiger partial charge in [-0.15, -0.1) is 0 Å². The fraction of sp³-hybridized carbons (Fsp3) is 0.421. The molecular weight excluding hydrogens is 345 g/mol. The van der Waals surface area contributed by atoms with Gasteiger partial charge in [0.1, 0.15) is 5.82 Å². The second-order valence-corrected chi connectivity index (χ2v) is 6.86. The molecule has 7 nitrogen and oxygen atoms in total. The summed E-state index contributed by atoms with van der Waals surface area (Å²) in [5.41, 5.74) is 7.79. The van der Waals surface area contributed by atoms with E-state index in [1.807, 2.05) is 31.1 Å². The number of anilines is 1. The molecule has 0 spiro atoms. The van der Waals surface area contributed by atoms with Gasteiger partial charge in [0.2, 0.25) is 5.95 Å². The average Bonchev–Trinajstić information content (AvgIpc) is 2.69. The predicted molar refractivity (Wildman–Crippen MR) is 105 cm³/mol. The van der Waals surface area contributed by atoms with Gasteiger partial charge in [0.15, 0.2) is 5.96 Å². The number of guanidine groups is 1. The van der Waals surface area contributed by atoms with E-state index in [-0.39, 0.29) is 5.82 Å². The number of hydrogen-bond donors (Lipinski definition) is 1. The maximum atomic E-state index is 13.9. The van der Waals surface area contributed by atoms with Crippen molar-refractivity contribution in [1.29, 1.82) is 0 Å². The molecule has 1 aliphatic heterocycles. The number of aromatic nitrogens is 2. The van der Waals surface area contributed by atoms with Crippen molar-refractivity contribution >= 4 is 11.9 Å². The van der Waals surface area contributed by atoms with Crippen LogP contribution in [0.4, 0.5) is 10.3 Å². The minimum Gasteiger partial charge on any atom is -0.370 e. The largest absolute Gasteiger partial charge is 0.370 e. The van der Waals surface area contributed by atoms with Gasteiger partial charge in [-0.1, -0.05) is 6.07 Å². The molecule has 2 N–H and O–H groups in total. The summed E-state index contributed by atoms with van der Waals surface area (Å²) in [5, 5.41) is 0. The zero-order valence-corrected chi connectivity index (χ0v) is 15.8. The fourth-order valence-corrected chi connectivity index (χ4v) is 3.05. The summed E-state index contributed by atoms with van der Waals surface area (Å²) in [7, 11) is 3.84. The molecule has 1 aromatic heterocycles. The van der Waals surface area contributed by atoms with E-state index in [9.17, 15) is 4.39 Å². The second-order valence-electron chi connectivity index (χ2n) is 6.86. The quantitative estimate of drug-likeness (QED) is 0.631. The Kier molecular flexibility index (Phi) is 6.18. The van der Waals surface area contributed by atoms with Gasteiger partial charge >= 0.3 is 0 Å². The van der Waals surface area contributed by atoms with Crippen molar-refractivity contribution in [1.82, 2.24) is 19.8 Å². The van der Waals surface area contributed by atoms with Gasteiger partial charge in [-0.05, 0) is 37.9 Å². The summed E-state index contributed by atoms with van der Waals surface area (Å²) >= 11 is 0. The molecule has 1 aliphatic rings. The van der Waals surface area contributed by atoms with E-state index >= 15 is 0 Å². The molecule has 3 rings (SSSR count). The number of hydrogen-bond acceptors (Lipinski definition) is 5. The zero-order chi connectivity index (χ0) is 19.2. The van der Waals surface area contributed by atoms with E-state index in [0.29, 0.717) is 24.6 Å². The molecule has 0 aliphatic carbocycles. The van der Waals surface area contributed by atoms with Crippen LogP contribution in [0.5, 0.6) is 0 Å². The third kappa shape index (κ3) is 5.13. The Labute approximate surface area is 159 Å². The lowest BCUT2D eigenvalue weighted by Crippen LogP contribution is -2.51. The average molecular weight is 371 g/mol. The number of aliphatic imine (C=N–C) groups is 1. The summed E-state index contributed by atoms with van der Waals surface area (Å²) in [6.07, 6.45) is 3.50. The van der Waals surface area contributed by atoms with Crippen molar-refractivity contribution in [3.05, 3.63) is 53.6 Å². The highest BCUT2D eigenvalue weighted by Crippen LogP contribution is 2.14. The van der Waals surface area contributed by atoms with Crippen LogP contribution in [0.1, 0.15) is 11.1 Å². The Balaban J connectivity index is 1.57. The van der Waals surface area contributed by atoms with Crippen LogP contribution < -0.4 is 10.6 Å². The number of nitrogens with zero attached hydrogens (tertiary/aromatic N) is 6. The van der Waals surface area contributed by atoms with Crippen molar-refractivity contribution < 1.29 is 4.39 Å². The molecule has 27 heavy (non-hydrogen) atoms.